The van der Waals surface area contributed by atoms with Crippen molar-refractivity contribution in [3.63, 3.8) is 0 Å². The molecule has 0 radical (unpaired) electrons. The summed E-state index contributed by atoms with van der Waals surface area (Å²) in [7, 11) is 0. The van der Waals surface area contributed by atoms with E-state index in [1.165, 1.54) is 11.1 Å². The largest absolute Gasteiger partial charge is 0.396 e. The highest BCUT2D eigenvalue weighted by molar-refractivity contribution is 5.79. The summed E-state index contributed by atoms with van der Waals surface area (Å²) in [5.41, 5.74) is 2.59. The van der Waals surface area contributed by atoms with Crippen LogP contribution in [0.15, 0.2) is 66.4 Å². The molecule has 0 aliphatic rings. The summed E-state index contributed by atoms with van der Waals surface area (Å²) in [4.78, 5) is 15.0. The number of benzene rings is 1. The van der Waals surface area contributed by atoms with Crippen LogP contribution in [0.5, 0.6) is 0 Å². The Morgan fingerprint density at radius 2 is 1.74 bits per heavy atom. The Morgan fingerprint density at radius 1 is 1.03 bits per heavy atom. The van der Waals surface area contributed by atoms with Gasteiger partial charge in [-0.3, -0.25) is 4.79 Å². The Balaban J connectivity index is 2.71. The van der Waals surface area contributed by atoms with Crippen LogP contribution in [0.25, 0.3) is 0 Å². The second-order valence-electron chi connectivity index (χ2n) is 8.61. The van der Waals surface area contributed by atoms with Gasteiger partial charge in [0.05, 0.1) is 0 Å². The number of hydrogen-bond donors (Lipinski definition) is 1. The number of rotatable bonds is 15. The van der Waals surface area contributed by atoms with E-state index < -0.39 is 0 Å². The predicted molar refractivity (Wildman–Crippen MR) is 133 cm³/mol. The van der Waals surface area contributed by atoms with Crippen molar-refractivity contribution in [2.75, 3.05) is 13.2 Å². The molecular weight excluding hydrogens is 382 g/mol. The summed E-state index contributed by atoms with van der Waals surface area (Å²) in [5.74, 6) is 0.660. The minimum absolute atomic E-state index is 0.00916. The third-order valence-corrected chi connectivity index (χ3v) is 5.54. The number of aliphatic hydroxyl groups is 1. The summed E-state index contributed by atoms with van der Waals surface area (Å²) in [5, 5.41) is 8.97. The molecule has 0 aliphatic heterocycles. The van der Waals surface area contributed by atoms with Crippen LogP contribution < -0.4 is 0 Å². The molecule has 1 unspecified atom stereocenters. The average Bonchev–Trinajstić information content (AvgIpc) is 2.77. The van der Waals surface area contributed by atoms with Gasteiger partial charge in [0, 0.05) is 25.3 Å². The zero-order chi connectivity index (χ0) is 22.9. The minimum Gasteiger partial charge on any atom is -0.396 e. The number of amides is 1. The summed E-state index contributed by atoms with van der Waals surface area (Å²) in [6, 6.07) is 10.5. The van der Waals surface area contributed by atoms with E-state index in [2.05, 4.69) is 63.3 Å². The van der Waals surface area contributed by atoms with Crippen LogP contribution in [-0.4, -0.2) is 29.1 Å². The van der Waals surface area contributed by atoms with E-state index in [0.717, 1.165) is 51.5 Å². The number of carbonyl (C=O) groups is 1. The number of hydrogen-bond acceptors (Lipinski definition) is 2. The van der Waals surface area contributed by atoms with E-state index in [-0.39, 0.29) is 18.4 Å². The molecule has 0 aliphatic carbocycles. The molecule has 1 aromatic rings. The maximum Gasteiger partial charge on any atom is 0.229 e. The summed E-state index contributed by atoms with van der Waals surface area (Å²) in [6.07, 6.45) is 17.0. The molecule has 3 heteroatoms. The van der Waals surface area contributed by atoms with Crippen molar-refractivity contribution in [1.82, 2.24) is 4.90 Å². The lowest BCUT2D eigenvalue weighted by molar-refractivity contribution is -0.132. The standard InChI is InChI=1S/C28H43NO2/c1-5-15-27(24(2)3)20-14-22-29(21-11-6-7-12-23-30)28(31)25(4)16-13-19-26-17-9-8-10-18-26/h5,8-10,14-15,17-18,20,22,24-25,30H,6-7,11-13,16,19,21,23H2,1-4H3/b15-5-,22-14+,27-20+. The van der Waals surface area contributed by atoms with E-state index in [1.807, 2.05) is 30.2 Å². The summed E-state index contributed by atoms with van der Waals surface area (Å²) in [6.45, 7) is 9.42. The first-order valence-corrected chi connectivity index (χ1v) is 12.0. The topological polar surface area (TPSA) is 40.5 Å². The van der Waals surface area contributed by atoms with E-state index in [9.17, 15) is 4.79 Å². The van der Waals surface area contributed by atoms with Gasteiger partial charge in [-0.05, 0) is 62.2 Å². The molecule has 0 saturated carbocycles. The van der Waals surface area contributed by atoms with Gasteiger partial charge in [0.2, 0.25) is 5.91 Å². The number of aryl methyl sites for hydroxylation is 1. The molecule has 31 heavy (non-hydrogen) atoms. The Morgan fingerprint density at radius 3 is 2.39 bits per heavy atom. The second kappa shape index (κ2) is 16.5. The highest BCUT2D eigenvalue weighted by Gasteiger charge is 2.18. The first-order chi connectivity index (χ1) is 15.0. The predicted octanol–water partition coefficient (Wildman–Crippen LogP) is 6.70. The molecule has 1 amide bonds. The molecule has 1 atom stereocenters. The van der Waals surface area contributed by atoms with Gasteiger partial charge in [-0.25, -0.2) is 0 Å². The van der Waals surface area contributed by atoms with E-state index in [4.69, 9.17) is 5.11 Å². The van der Waals surface area contributed by atoms with Crippen LogP contribution in [-0.2, 0) is 11.2 Å². The normalized spacial score (nSPS) is 13.4. The molecule has 1 aromatic carbocycles. The van der Waals surface area contributed by atoms with Gasteiger partial charge in [0.25, 0.3) is 0 Å². The molecule has 1 N–H and O–H groups in total. The average molecular weight is 426 g/mol. The zero-order valence-corrected chi connectivity index (χ0v) is 20.1. The second-order valence-corrected chi connectivity index (χ2v) is 8.61. The van der Waals surface area contributed by atoms with Crippen LogP contribution in [0.3, 0.4) is 0 Å². The highest BCUT2D eigenvalue weighted by atomic mass is 16.2. The molecule has 0 saturated heterocycles. The molecule has 0 bridgehead atoms. The number of nitrogens with zero attached hydrogens (tertiary/aromatic N) is 1. The first-order valence-electron chi connectivity index (χ1n) is 12.0. The molecular formula is C28H43NO2. The maximum atomic E-state index is 13.1. The van der Waals surface area contributed by atoms with Crippen molar-refractivity contribution >= 4 is 5.91 Å². The molecule has 0 spiro atoms. The van der Waals surface area contributed by atoms with Gasteiger partial charge < -0.3 is 10.0 Å². The first kappa shape index (κ1) is 26.9. The fourth-order valence-corrected chi connectivity index (χ4v) is 3.56. The van der Waals surface area contributed by atoms with Crippen LogP contribution in [0, 0.1) is 11.8 Å². The minimum atomic E-state index is 0.00916. The number of aliphatic hydroxyl groups excluding tert-OH is 1. The third-order valence-electron chi connectivity index (χ3n) is 5.54. The molecule has 0 aromatic heterocycles. The fourth-order valence-electron chi connectivity index (χ4n) is 3.56. The van der Waals surface area contributed by atoms with Gasteiger partial charge in [0.15, 0.2) is 0 Å². The van der Waals surface area contributed by atoms with Gasteiger partial charge in [-0.2, -0.15) is 0 Å². The lowest BCUT2D eigenvalue weighted by atomic mass is 9.99. The van der Waals surface area contributed by atoms with Crippen molar-refractivity contribution in [1.29, 1.82) is 0 Å². The van der Waals surface area contributed by atoms with Gasteiger partial charge in [-0.15, -0.1) is 0 Å². The molecule has 172 valence electrons. The van der Waals surface area contributed by atoms with E-state index in [0.29, 0.717) is 5.92 Å². The van der Waals surface area contributed by atoms with Gasteiger partial charge in [0.1, 0.15) is 0 Å². The van der Waals surface area contributed by atoms with Crippen LogP contribution in [0.1, 0.15) is 71.8 Å². The lowest BCUT2D eigenvalue weighted by Gasteiger charge is -2.22. The zero-order valence-electron chi connectivity index (χ0n) is 20.1. The maximum absolute atomic E-state index is 13.1. The number of allylic oxidation sites excluding steroid dienone is 5. The Bertz CT molecular complexity index is 688. The fraction of sp³-hybridized carbons (Fsp3) is 0.536. The van der Waals surface area contributed by atoms with Crippen molar-refractivity contribution in [2.45, 2.75) is 72.6 Å². The van der Waals surface area contributed by atoms with Crippen LogP contribution in [0.4, 0.5) is 0 Å². The highest BCUT2D eigenvalue weighted by Crippen LogP contribution is 2.16. The van der Waals surface area contributed by atoms with Crippen LogP contribution >= 0.6 is 0 Å². The summed E-state index contributed by atoms with van der Waals surface area (Å²) < 4.78 is 0. The third kappa shape index (κ3) is 11.7. The number of unbranched alkanes of at least 4 members (excludes halogenated alkanes) is 3. The summed E-state index contributed by atoms with van der Waals surface area (Å²) >= 11 is 0. The monoisotopic (exact) mass is 425 g/mol. The van der Waals surface area contributed by atoms with Crippen molar-refractivity contribution in [2.24, 2.45) is 11.8 Å². The molecule has 0 heterocycles. The van der Waals surface area contributed by atoms with E-state index >= 15 is 0 Å². The van der Waals surface area contributed by atoms with Crippen molar-refractivity contribution in [3.8, 4) is 0 Å². The Kier molecular flexibility index (Phi) is 14.4. The van der Waals surface area contributed by atoms with E-state index in [1.54, 1.807) is 0 Å². The van der Waals surface area contributed by atoms with Gasteiger partial charge >= 0.3 is 0 Å². The Hall–Kier alpha value is -2.13. The van der Waals surface area contributed by atoms with Crippen molar-refractivity contribution in [3.05, 3.63) is 72.0 Å². The quantitative estimate of drug-likeness (QED) is 0.251. The molecule has 0 fully saturated rings. The lowest BCUT2D eigenvalue weighted by Crippen LogP contribution is -2.31. The molecule has 3 nitrogen and oxygen atoms in total. The van der Waals surface area contributed by atoms with Crippen LogP contribution in [0.2, 0.25) is 0 Å². The molecule has 1 rings (SSSR count). The smallest absolute Gasteiger partial charge is 0.229 e. The SMILES string of the molecule is C\C=C/C(=C\C=C\N(CCCCCCO)C(=O)C(C)CCCc1ccccc1)C(C)C. The van der Waals surface area contributed by atoms with Crippen molar-refractivity contribution < 1.29 is 9.90 Å². The van der Waals surface area contributed by atoms with Gasteiger partial charge in [-0.1, -0.05) is 82.2 Å². The Labute approximate surface area is 190 Å². The number of carbonyl (C=O) groups excluding carboxylic acids is 1.